The quantitative estimate of drug-likeness (QED) is 0.696. The minimum Gasteiger partial charge on any atom is -0.446 e. The Morgan fingerprint density at radius 3 is 2.20 bits per heavy atom. The van der Waals surface area contributed by atoms with Crippen LogP contribution >= 0.6 is 0 Å². The van der Waals surface area contributed by atoms with Crippen molar-refractivity contribution in [1.29, 1.82) is 0 Å². The minimum atomic E-state index is -0.285. The standard InChI is InChI=1S/C20H38N2O3/c1-6-7-13-21-18(23)24-17-14-19(2,3)22(20(4,5)15-17)25-16-11-9-8-10-12-16/h16-17H,6-15H2,1-5H3,(H,21,23). The SMILES string of the molecule is CCCCNC(=O)OC1CC(C)(C)N(OC2CCCCC2)C(C)(C)C1. The molecule has 5 heteroatoms. The van der Waals surface area contributed by atoms with Crippen molar-refractivity contribution >= 4 is 6.09 Å². The Morgan fingerprint density at radius 1 is 1.04 bits per heavy atom. The Hall–Kier alpha value is -0.810. The number of ether oxygens (including phenoxy) is 1. The molecule has 1 saturated carbocycles. The highest BCUT2D eigenvalue weighted by molar-refractivity contribution is 5.67. The van der Waals surface area contributed by atoms with Gasteiger partial charge in [-0.1, -0.05) is 32.6 Å². The van der Waals surface area contributed by atoms with Crippen LogP contribution in [0.25, 0.3) is 0 Å². The first-order valence-electron chi connectivity index (χ1n) is 10.2. The van der Waals surface area contributed by atoms with E-state index in [1.165, 1.54) is 19.3 Å². The van der Waals surface area contributed by atoms with E-state index in [1.54, 1.807) is 0 Å². The fourth-order valence-corrected chi connectivity index (χ4v) is 4.42. The van der Waals surface area contributed by atoms with Crippen LogP contribution in [0.4, 0.5) is 4.79 Å². The van der Waals surface area contributed by atoms with E-state index in [-0.39, 0.29) is 23.3 Å². The number of rotatable bonds is 6. The summed E-state index contributed by atoms with van der Waals surface area (Å²) in [5, 5.41) is 5.06. The van der Waals surface area contributed by atoms with Gasteiger partial charge in [0.15, 0.2) is 0 Å². The Bertz CT molecular complexity index is 413. The first kappa shape index (κ1) is 20.5. The van der Waals surface area contributed by atoms with Crippen molar-refractivity contribution in [1.82, 2.24) is 10.4 Å². The van der Waals surface area contributed by atoms with E-state index in [4.69, 9.17) is 9.57 Å². The summed E-state index contributed by atoms with van der Waals surface area (Å²) in [4.78, 5) is 18.5. The average molecular weight is 355 g/mol. The van der Waals surface area contributed by atoms with Crippen molar-refractivity contribution in [3.05, 3.63) is 0 Å². The van der Waals surface area contributed by atoms with Gasteiger partial charge in [-0.2, -0.15) is 5.06 Å². The summed E-state index contributed by atoms with van der Waals surface area (Å²) in [6.45, 7) is 11.6. The highest BCUT2D eigenvalue weighted by Crippen LogP contribution is 2.41. The van der Waals surface area contributed by atoms with Gasteiger partial charge in [0.25, 0.3) is 0 Å². The van der Waals surface area contributed by atoms with Crippen LogP contribution in [0.2, 0.25) is 0 Å². The molecule has 2 fully saturated rings. The lowest BCUT2D eigenvalue weighted by molar-refractivity contribution is -0.317. The van der Waals surface area contributed by atoms with Gasteiger partial charge in [-0.05, 0) is 47.0 Å². The van der Waals surface area contributed by atoms with Crippen molar-refractivity contribution in [3.8, 4) is 0 Å². The van der Waals surface area contributed by atoms with Gasteiger partial charge in [-0.15, -0.1) is 0 Å². The summed E-state index contributed by atoms with van der Waals surface area (Å²) in [6.07, 6.45) is 9.80. The molecule has 1 aliphatic carbocycles. The molecular weight excluding hydrogens is 316 g/mol. The molecule has 2 rings (SSSR count). The first-order valence-corrected chi connectivity index (χ1v) is 10.2. The predicted octanol–water partition coefficient (Wildman–Crippen LogP) is 4.80. The van der Waals surface area contributed by atoms with Crippen LogP contribution in [0.3, 0.4) is 0 Å². The molecule has 5 nitrogen and oxygen atoms in total. The number of unbranched alkanes of at least 4 members (excludes halogenated alkanes) is 1. The van der Waals surface area contributed by atoms with Crippen LogP contribution in [0.5, 0.6) is 0 Å². The van der Waals surface area contributed by atoms with Gasteiger partial charge in [-0.25, -0.2) is 4.79 Å². The molecule has 0 bridgehead atoms. The van der Waals surface area contributed by atoms with Gasteiger partial charge in [0.2, 0.25) is 0 Å². The van der Waals surface area contributed by atoms with E-state index in [0.29, 0.717) is 12.6 Å². The molecule has 2 aliphatic rings. The van der Waals surface area contributed by atoms with Crippen molar-refractivity contribution in [2.24, 2.45) is 0 Å². The molecule has 0 aromatic heterocycles. The fourth-order valence-electron chi connectivity index (χ4n) is 4.42. The molecule has 0 radical (unpaired) electrons. The molecule has 1 heterocycles. The van der Waals surface area contributed by atoms with Crippen LogP contribution in [-0.4, -0.2) is 41.0 Å². The maximum Gasteiger partial charge on any atom is 0.407 e. The van der Waals surface area contributed by atoms with E-state index < -0.39 is 0 Å². The molecule has 1 saturated heterocycles. The van der Waals surface area contributed by atoms with Crippen LogP contribution in [0, 0.1) is 0 Å². The Kier molecular flexibility index (Phi) is 7.15. The lowest BCUT2D eigenvalue weighted by Crippen LogP contribution is -2.63. The molecular formula is C20H38N2O3. The predicted molar refractivity (Wildman–Crippen MR) is 100 cm³/mol. The molecule has 0 aromatic carbocycles. The molecule has 1 N–H and O–H groups in total. The average Bonchev–Trinajstić information content (AvgIpc) is 2.51. The molecule has 146 valence electrons. The normalized spacial score (nSPS) is 24.8. The lowest BCUT2D eigenvalue weighted by Gasteiger charge is -2.54. The van der Waals surface area contributed by atoms with Gasteiger partial charge in [0.1, 0.15) is 6.10 Å². The second-order valence-corrected chi connectivity index (χ2v) is 9.00. The zero-order valence-corrected chi connectivity index (χ0v) is 16.9. The topological polar surface area (TPSA) is 50.8 Å². The number of nitrogens with zero attached hydrogens (tertiary/aromatic N) is 1. The number of amides is 1. The monoisotopic (exact) mass is 354 g/mol. The van der Waals surface area contributed by atoms with E-state index in [2.05, 4.69) is 45.0 Å². The highest BCUT2D eigenvalue weighted by Gasteiger charge is 2.48. The second kappa shape index (κ2) is 8.72. The van der Waals surface area contributed by atoms with Gasteiger partial charge in [0, 0.05) is 30.5 Å². The summed E-state index contributed by atoms with van der Waals surface area (Å²) in [6, 6.07) is 0. The first-order chi connectivity index (χ1) is 11.7. The zero-order chi connectivity index (χ0) is 18.5. The second-order valence-electron chi connectivity index (χ2n) is 9.00. The van der Waals surface area contributed by atoms with Gasteiger partial charge >= 0.3 is 6.09 Å². The number of hydrogen-bond acceptors (Lipinski definition) is 4. The maximum absolute atomic E-state index is 12.0. The number of hydrogen-bond donors (Lipinski definition) is 1. The van der Waals surface area contributed by atoms with E-state index in [1.807, 2.05) is 0 Å². The summed E-state index contributed by atoms with van der Waals surface area (Å²) in [7, 11) is 0. The third kappa shape index (κ3) is 5.85. The van der Waals surface area contributed by atoms with Crippen molar-refractivity contribution in [2.45, 2.75) is 116 Å². The van der Waals surface area contributed by atoms with Crippen LogP contribution in [0.1, 0.15) is 92.4 Å². The van der Waals surface area contributed by atoms with Crippen LogP contribution in [-0.2, 0) is 9.57 Å². The molecule has 0 spiro atoms. The third-order valence-electron chi connectivity index (χ3n) is 5.43. The Morgan fingerprint density at radius 2 is 1.64 bits per heavy atom. The number of hydroxylamine groups is 2. The van der Waals surface area contributed by atoms with Gasteiger partial charge in [-0.3, -0.25) is 4.84 Å². The van der Waals surface area contributed by atoms with E-state index in [0.717, 1.165) is 38.5 Å². The number of alkyl carbamates (subject to hydrolysis) is 1. The lowest BCUT2D eigenvalue weighted by atomic mass is 9.80. The fraction of sp³-hybridized carbons (Fsp3) is 0.950. The summed E-state index contributed by atoms with van der Waals surface area (Å²) in [5.74, 6) is 0. The molecule has 25 heavy (non-hydrogen) atoms. The van der Waals surface area contributed by atoms with Gasteiger partial charge in [0.05, 0.1) is 6.10 Å². The van der Waals surface area contributed by atoms with Crippen molar-refractivity contribution in [2.75, 3.05) is 6.54 Å². The third-order valence-corrected chi connectivity index (χ3v) is 5.43. The van der Waals surface area contributed by atoms with E-state index >= 15 is 0 Å². The Balaban J connectivity index is 1.94. The maximum atomic E-state index is 12.0. The molecule has 1 amide bonds. The number of piperidine rings is 1. The van der Waals surface area contributed by atoms with Crippen molar-refractivity contribution in [3.63, 3.8) is 0 Å². The molecule has 0 aromatic rings. The Labute approximate surface area is 153 Å². The van der Waals surface area contributed by atoms with Crippen LogP contribution < -0.4 is 5.32 Å². The highest BCUT2D eigenvalue weighted by atomic mass is 16.7. The van der Waals surface area contributed by atoms with Gasteiger partial charge < -0.3 is 10.1 Å². The molecule has 0 unspecified atom stereocenters. The summed E-state index contributed by atoms with van der Waals surface area (Å²) < 4.78 is 5.72. The minimum absolute atomic E-state index is 0.0715. The molecule has 0 atom stereocenters. The number of carbonyl (C=O) groups excluding carboxylic acids is 1. The van der Waals surface area contributed by atoms with E-state index in [9.17, 15) is 4.79 Å². The largest absolute Gasteiger partial charge is 0.446 e. The number of nitrogens with one attached hydrogen (secondary N) is 1. The zero-order valence-electron chi connectivity index (χ0n) is 16.9. The summed E-state index contributed by atoms with van der Waals surface area (Å²) >= 11 is 0. The summed E-state index contributed by atoms with van der Waals surface area (Å²) in [5.41, 5.74) is -0.318. The number of carbonyl (C=O) groups is 1. The van der Waals surface area contributed by atoms with Crippen LogP contribution in [0.15, 0.2) is 0 Å². The molecule has 1 aliphatic heterocycles. The smallest absolute Gasteiger partial charge is 0.407 e. The van der Waals surface area contributed by atoms with Crippen molar-refractivity contribution < 1.29 is 14.4 Å².